The maximum Gasteiger partial charge on any atom is 0.258 e. The minimum atomic E-state index is -3.84. The molecule has 0 saturated carbocycles. The van der Waals surface area contributed by atoms with E-state index < -0.39 is 21.7 Å². The molecule has 0 aromatic heterocycles. The molecular formula is C18H19FN2O3S. The summed E-state index contributed by atoms with van der Waals surface area (Å²) >= 11 is 0. The van der Waals surface area contributed by atoms with Crippen LogP contribution < -0.4 is 10.0 Å². The lowest BCUT2D eigenvalue weighted by Gasteiger charge is -2.09. The van der Waals surface area contributed by atoms with Gasteiger partial charge in [0.15, 0.2) is 0 Å². The van der Waals surface area contributed by atoms with E-state index in [2.05, 4.69) is 16.6 Å². The van der Waals surface area contributed by atoms with E-state index in [4.69, 9.17) is 0 Å². The van der Waals surface area contributed by atoms with Crippen LogP contribution in [0.4, 0.5) is 10.1 Å². The molecule has 0 bridgehead atoms. The van der Waals surface area contributed by atoms with Gasteiger partial charge in [0.05, 0.1) is 10.5 Å². The molecule has 0 fully saturated rings. The molecule has 7 heteroatoms. The molecular weight excluding hydrogens is 343 g/mol. The smallest absolute Gasteiger partial charge is 0.258 e. The molecule has 2 rings (SSSR count). The first-order chi connectivity index (χ1) is 11.9. The van der Waals surface area contributed by atoms with Gasteiger partial charge >= 0.3 is 0 Å². The zero-order valence-electron chi connectivity index (χ0n) is 13.8. The van der Waals surface area contributed by atoms with E-state index in [0.717, 1.165) is 30.2 Å². The van der Waals surface area contributed by atoms with Gasteiger partial charge in [-0.25, -0.2) is 17.5 Å². The predicted molar refractivity (Wildman–Crippen MR) is 95.6 cm³/mol. The van der Waals surface area contributed by atoms with Gasteiger partial charge in [-0.3, -0.25) is 4.79 Å². The van der Waals surface area contributed by atoms with Crippen molar-refractivity contribution in [1.29, 1.82) is 0 Å². The first kappa shape index (κ1) is 18.8. The lowest BCUT2D eigenvalue weighted by molar-refractivity contribution is 0.102. The lowest BCUT2D eigenvalue weighted by Crippen LogP contribution is -2.24. The van der Waals surface area contributed by atoms with E-state index in [1.807, 2.05) is 19.1 Å². The van der Waals surface area contributed by atoms with Crippen LogP contribution in [-0.2, 0) is 16.4 Å². The number of anilines is 1. The highest BCUT2D eigenvalue weighted by Gasteiger charge is 2.19. The SMILES string of the molecule is C=CCNS(=O)(=O)c1ccc(F)c(C(=O)Nc2ccc(CC)cc2)c1. The van der Waals surface area contributed by atoms with Crippen LogP contribution in [0.15, 0.2) is 60.0 Å². The van der Waals surface area contributed by atoms with Crippen LogP contribution in [0.1, 0.15) is 22.8 Å². The molecule has 1 amide bonds. The van der Waals surface area contributed by atoms with Crippen LogP contribution in [0.25, 0.3) is 0 Å². The molecule has 0 aliphatic rings. The average molecular weight is 362 g/mol. The molecule has 0 saturated heterocycles. The zero-order valence-corrected chi connectivity index (χ0v) is 14.6. The Kier molecular flexibility index (Phi) is 6.06. The number of aryl methyl sites for hydroxylation is 1. The monoisotopic (exact) mass is 362 g/mol. The van der Waals surface area contributed by atoms with Gasteiger partial charge in [0.2, 0.25) is 10.0 Å². The maximum absolute atomic E-state index is 14.0. The number of hydrogen-bond acceptors (Lipinski definition) is 3. The molecule has 0 aliphatic carbocycles. The topological polar surface area (TPSA) is 75.3 Å². The third-order valence-electron chi connectivity index (χ3n) is 3.53. The first-order valence-electron chi connectivity index (χ1n) is 7.67. The van der Waals surface area contributed by atoms with Gasteiger partial charge in [-0.15, -0.1) is 6.58 Å². The van der Waals surface area contributed by atoms with Crippen LogP contribution in [0, 0.1) is 5.82 Å². The number of carbonyl (C=O) groups excluding carboxylic acids is 1. The van der Waals surface area contributed by atoms with E-state index in [-0.39, 0.29) is 17.0 Å². The largest absolute Gasteiger partial charge is 0.322 e. The Morgan fingerprint density at radius 3 is 2.48 bits per heavy atom. The van der Waals surface area contributed by atoms with Crippen LogP contribution in [0.5, 0.6) is 0 Å². The minimum Gasteiger partial charge on any atom is -0.322 e. The van der Waals surface area contributed by atoms with Gasteiger partial charge in [0.25, 0.3) is 5.91 Å². The van der Waals surface area contributed by atoms with Crippen molar-refractivity contribution in [3.63, 3.8) is 0 Å². The number of sulfonamides is 1. The number of nitrogens with one attached hydrogen (secondary N) is 2. The van der Waals surface area contributed by atoms with Gasteiger partial charge < -0.3 is 5.32 Å². The normalized spacial score (nSPS) is 11.1. The van der Waals surface area contributed by atoms with Crippen LogP contribution >= 0.6 is 0 Å². The highest BCUT2D eigenvalue weighted by molar-refractivity contribution is 7.89. The lowest BCUT2D eigenvalue weighted by atomic mass is 10.1. The van der Waals surface area contributed by atoms with E-state index in [0.29, 0.717) is 5.69 Å². The van der Waals surface area contributed by atoms with Gasteiger partial charge in [-0.05, 0) is 42.3 Å². The second-order valence-corrected chi connectivity index (χ2v) is 7.05. The van der Waals surface area contributed by atoms with Crippen molar-refractivity contribution < 1.29 is 17.6 Å². The summed E-state index contributed by atoms with van der Waals surface area (Å²) in [5, 5.41) is 2.56. The van der Waals surface area contributed by atoms with Crippen LogP contribution in [-0.4, -0.2) is 20.9 Å². The molecule has 5 nitrogen and oxygen atoms in total. The van der Waals surface area contributed by atoms with Crippen molar-refractivity contribution >= 4 is 21.6 Å². The number of carbonyl (C=O) groups is 1. The molecule has 0 aliphatic heterocycles. The Labute approximate surface area is 146 Å². The standard InChI is InChI=1S/C18H19FN2O3S/c1-3-11-20-25(23,24)15-9-10-17(19)16(12-15)18(22)21-14-7-5-13(4-2)6-8-14/h3,5-10,12,20H,1,4,11H2,2H3,(H,21,22). The van der Waals surface area contributed by atoms with Gasteiger partial charge in [0.1, 0.15) is 5.82 Å². The Balaban J connectivity index is 2.26. The summed E-state index contributed by atoms with van der Waals surface area (Å²) in [6.07, 6.45) is 2.25. The molecule has 2 aromatic carbocycles. The third-order valence-corrected chi connectivity index (χ3v) is 4.95. The maximum atomic E-state index is 14.0. The fraction of sp³-hybridized carbons (Fsp3) is 0.167. The van der Waals surface area contributed by atoms with Crippen LogP contribution in [0.2, 0.25) is 0 Å². The first-order valence-corrected chi connectivity index (χ1v) is 9.16. The number of hydrogen-bond donors (Lipinski definition) is 2. The van der Waals surface area contributed by atoms with Gasteiger partial charge in [0, 0.05) is 12.2 Å². The van der Waals surface area contributed by atoms with Crippen molar-refractivity contribution in [2.24, 2.45) is 0 Å². The summed E-state index contributed by atoms with van der Waals surface area (Å²) in [5.74, 6) is -1.52. The van der Waals surface area contributed by atoms with E-state index >= 15 is 0 Å². The van der Waals surface area contributed by atoms with E-state index in [9.17, 15) is 17.6 Å². The summed E-state index contributed by atoms with van der Waals surface area (Å²) in [6.45, 7) is 5.47. The van der Waals surface area contributed by atoms with Gasteiger partial charge in [-0.1, -0.05) is 25.1 Å². The fourth-order valence-electron chi connectivity index (χ4n) is 2.12. The summed E-state index contributed by atoms with van der Waals surface area (Å²) in [5.41, 5.74) is 1.26. The average Bonchev–Trinajstić information content (AvgIpc) is 2.60. The molecule has 2 aromatic rings. The Bertz CT molecular complexity index is 878. The number of rotatable bonds is 7. The highest BCUT2D eigenvalue weighted by Crippen LogP contribution is 2.17. The van der Waals surface area contributed by atoms with Crippen molar-refractivity contribution in [3.05, 3.63) is 72.1 Å². The highest BCUT2D eigenvalue weighted by atomic mass is 32.2. The van der Waals surface area contributed by atoms with Crippen molar-refractivity contribution in [3.8, 4) is 0 Å². The fourth-order valence-corrected chi connectivity index (χ4v) is 3.14. The molecule has 0 spiro atoms. The van der Waals surface area contributed by atoms with Crippen LogP contribution in [0.3, 0.4) is 0 Å². The molecule has 0 atom stereocenters. The van der Waals surface area contributed by atoms with Crippen molar-refractivity contribution in [2.75, 3.05) is 11.9 Å². The molecule has 0 heterocycles. The number of benzene rings is 2. The summed E-state index contributed by atoms with van der Waals surface area (Å²) in [4.78, 5) is 12.1. The Morgan fingerprint density at radius 1 is 1.20 bits per heavy atom. The number of halogens is 1. The summed E-state index contributed by atoms with van der Waals surface area (Å²) in [7, 11) is -3.84. The predicted octanol–water partition coefficient (Wildman–Crippen LogP) is 3.10. The molecule has 25 heavy (non-hydrogen) atoms. The molecule has 132 valence electrons. The van der Waals surface area contributed by atoms with E-state index in [1.165, 1.54) is 6.08 Å². The second-order valence-electron chi connectivity index (χ2n) is 5.29. The second kappa shape index (κ2) is 8.04. The molecule has 0 radical (unpaired) electrons. The Morgan fingerprint density at radius 2 is 1.88 bits per heavy atom. The quantitative estimate of drug-likeness (QED) is 0.743. The molecule has 0 unspecified atom stereocenters. The Hall–Kier alpha value is -2.51. The van der Waals surface area contributed by atoms with Crippen molar-refractivity contribution in [1.82, 2.24) is 4.72 Å². The van der Waals surface area contributed by atoms with E-state index in [1.54, 1.807) is 12.1 Å². The zero-order chi connectivity index (χ0) is 18.4. The summed E-state index contributed by atoms with van der Waals surface area (Å²) in [6, 6.07) is 10.2. The summed E-state index contributed by atoms with van der Waals surface area (Å²) < 4.78 is 40.4. The van der Waals surface area contributed by atoms with Gasteiger partial charge in [-0.2, -0.15) is 0 Å². The molecule has 2 N–H and O–H groups in total. The van der Waals surface area contributed by atoms with Crippen molar-refractivity contribution in [2.45, 2.75) is 18.2 Å². The number of amides is 1. The third kappa shape index (κ3) is 4.74. The minimum absolute atomic E-state index is 0.0328.